The minimum Gasteiger partial charge on any atom is -0.381 e. The van der Waals surface area contributed by atoms with E-state index in [9.17, 15) is 0 Å². The van der Waals surface area contributed by atoms with Gasteiger partial charge in [-0.05, 0) is 57.0 Å². The van der Waals surface area contributed by atoms with Gasteiger partial charge in [0.15, 0.2) is 0 Å². The lowest BCUT2D eigenvalue weighted by molar-refractivity contribution is 0.148. The van der Waals surface area contributed by atoms with Gasteiger partial charge >= 0.3 is 0 Å². The van der Waals surface area contributed by atoms with Crippen LogP contribution in [0.4, 0.5) is 0 Å². The fourth-order valence-corrected chi connectivity index (χ4v) is 3.28. The standard InChI is InChI=1S/C14H26N2O.ClH/c1-2-12(8-15-6-1)9-16(14-3-4-14)10-13-5-7-17-11-13;/h12-15H,1-11H2;1H. The van der Waals surface area contributed by atoms with E-state index in [1.165, 1.54) is 58.3 Å². The second-order valence-electron chi connectivity index (χ2n) is 6.13. The highest BCUT2D eigenvalue weighted by molar-refractivity contribution is 5.85. The Bertz CT molecular complexity index is 236. The monoisotopic (exact) mass is 274 g/mol. The van der Waals surface area contributed by atoms with E-state index >= 15 is 0 Å². The molecule has 3 fully saturated rings. The molecular weight excluding hydrogens is 248 g/mol. The SMILES string of the molecule is C1CNCC(CN(CC2CCOC2)C2CC2)C1.Cl. The summed E-state index contributed by atoms with van der Waals surface area (Å²) in [5.74, 6) is 1.71. The quantitative estimate of drug-likeness (QED) is 0.829. The van der Waals surface area contributed by atoms with Gasteiger partial charge < -0.3 is 10.1 Å². The van der Waals surface area contributed by atoms with E-state index in [1.54, 1.807) is 0 Å². The molecule has 0 spiro atoms. The minimum atomic E-state index is 0. The molecule has 2 heterocycles. The summed E-state index contributed by atoms with van der Waals surface area (Å²) in [7, 11) is 0. The molecule has 4 heteroatoms. The van der Waals surface area contributed by atoms with E-state index in [-0.39, 0.29) is 12.4 Å². The summed E-state index contributed by atoms with van der Waals surface area (Å²) in [5.41, 5.74) is 0. The van der Waals surface area contributed by atoms with Crippen LogP contribution >= 0.6 is 12.4 Å². The molecule has 2 saturated heterocycles. The number of nitrogens with one attached hydrogen (secondary N) is 1. The maximum absolute atomic E-state index is 5.51. The van der Waals surface area contributed by atoms with E-state index < -0.39 is 0 Å². The Balaban J connectivity index is 0.00000120. The van der Waals surface area contributed by atoms with Crippen LogP contribution in [0.3, 0.4) is 0 Å². The van der Waals surface area contributed by atoms with Crippen molar-refractivity contribution in [2.24, 2.45) is 11.8 Å². The first kappa shape index (κ1) is 14.6. The molecule has 1 saturated carbocycles. The molecule has 1 N–H and O–H groups in total. The van der Waals surface area contributed by atoms with E-state index in [2.05, 4.69) is 10.2 Å². The molecule has 3 nitrogen and oxygen atoms in total. The summed E-state index contributed by atoms with van der Waals surface area (Å²) in [6.07, 6.45) is 6.96. The Morgan fingerprint density at radius 1 is 1.06 bits per heavy atom. The Kier molecular flexibility index (Phi) is 5.74. The maximum Gasteiger partial charge on any atom is 0.0507 e. The van der Waals surface area contributed by atoms with Crippen molar-refractivity contribution in [3.05, 3.63) is 0 Å². The maximum atomic E-state index is 5.51. The molecule has 0 amide bonds. The van der Waals surface area contributed by atoms with Crippen LogP contribution < -0.4 is 5.32 Å². The molecule has 106 valence electrons. The van der Waals surface area contributed by atoms with Crippen LogP contribution in [-0.4, -0.2) is 50.3 Å². The predicted octanol–water partition coefficient (Wildman–Crippen LogP) is 1.91. The fraction of sp³-hybridized carbons (Fsp3) is 1.00. The van der Waals surface area contributed by atoms with Gasteiger partial charge in [0.05, 0.1) is 6.61 Å². The number of rotatable bonds is 5. The van der Waals surface area contributed by atoms with Crippen LogP contribution in [0.15, 0.2) is 0 Å². The van der Waals surface area contributed by atoms with E-state index in [1.807, 2.05) is 0 Å². The number of nitrogens with zero attached hydrogens (tertiary/aromatic N) is 1. The number of piperidine rings is 1. The molecule has 2 aliphatic heterocycles. The number of hydrogen-bond donors (Lipinski definition) is 1. The minimum absolute atomic E-state index is 0. The number of hydrogen-bond acceptors (Lipinski definition) is 3. The van der Waals surface area contributed by atoms with Gasteiger partial charge in [0, 0.05) is 25.7 Å². The molecule has 0 aromatic rings. The molecule has 18 heavy (non-hydrogen) atoms. The third-order valence-electron chi connectivity index (χ3n) is 4.47. The van der Waals surface area contributed by atoms with Gasteiger partial charge in [0.2, 0.25) is 0 Å². The van der Waals surface area contributed by atoms with Gasteiger partial charge in [0.1, 0.15) is 0 Å². The molecule has 0 aromatic heterocycles. The van der Waals surface area contributed by atoms with Crippen molar-refractivity contribution < 1.29 is 4.74 Å². The molecule has 0 aromatic carbocycles. The van der Waals surface area contributed by atoms with Gasteiger partial charge in [-0.1, -0.05) is 0 Å². The molecule has 2 unspecified atom stereocenters. The summed E-state index contributed by atoms with van der Waals surface area (Å²) in [4.78, 5) is 2.77. The van der Waals surface area contributed by atoms with Crippen LogP contribution in [0.1, 0.15) is 32.1 Å². The largest absolute Gasteiger partial charge is 0.381 e. The highest BCUT2D eigenvalue weighted by Gasteiger charge is 2.33. The average molecular weight is 275 g/mol. The second-order valence-corrected chi connectivity index (χ2v) is 6.13. The summed E-state index contributed by atoms with van der Waals surface area (Å²) in [6.45, 7) is 7.09. The van der Waals surface area contributed by atoms with Crippen molar-refractivity contribution in [3.63, 3.8) is 0 Å². The molecule has 0 bridgehead atoms. The van der Waals surface area contributed by atoms with Crippen molar-refractivity contribution in [1.29, 1.82) is 0 Å². The zero-order chi connectivity index (χ0) is 11.5. The second kappa shape index (κ2) is 7.09. The molecule has 3 aliphatic rings. The third kappa shape index (κ3) is 4.09. The molecular formula is C14H27ClN2O. The lowest BCUT2D eigenvalue weighted by Crippen LogP contribution is -2.41. The van der Waals surface area contributed by atoms with Crippen LogP contribution in [0.5, 0.6) is 0 Å². The zero-order valence-electron chi connectivity index (χ0n) is 11.3. The van der Waals surface area contributed by atoms with Crippen molar-refractivity contribution in [1.82, 2.24) is 10.2 Å². The van der Waals surface area contributed by atoms with Gasteiger partial charge in [-0.25, -0.2) is 0 Å². The van der Waals surface area contributed by atoms with Crippen LogP contribution in [-0.2, 0) is 4.74 Å². The highest BCUT2D eigenvalue weighted by Crippen LogP contribution is 2.30. The van der Waals surface area contributed by atoms with Crippen LogP contribution in [0.2, 0.25) is 0 Å². The van der Waals surface area contributed by atoms with Crippen molar-refractivity contribution in [3.8, 4) is 0 Å². The third-order valence-corrected chi connectivity index (χ3v) is 4.47. The van der Waals surface area contributed by atoms with Crippen molar-refractivity contribution in [2.45, 2.75) is 38.1 Å². The smallest absolute Gasteiger partial charge is 0.0507 e. The Hall–Kier alpha value is 0.170. The molecule has 1 aliphatic carbocycles. The normalized spacial score (nSPS) is 32.5. The summed E-state index contributed by atoms with van der Waals surface area (Å²) < 4.78 is 5.51. The van der Waals surface area contributed by atoms with Gasteiger partial charge in [-0.3, -0.25) is 4.90 Å². The Morgan fingerprint density at radius 2 is 1.89 bits per heavy atom. The lowest BCUT2D eigenvalue weighted by Gasteiger charge is -2.31. The van der Waals surface area contributed by atoms with Gasteiger partial charge in [-0.2, -0.15) is 0 Å². The predicted molar refractivity (Wildman–Crippen MR) is 76.4 cm³/mol. The summed E-state index contributed by atoms with van der Waals surface area (Å²) >= 11 is 0. The number of ether oxygens (including phenoxy) is 1. The van der Waals surface area contributed by atoms with Gasteiger partial charge in [-0.15, -0.1) is 12.4 Å². The highest BCUT2D eigenvalue weighted by atomic mass is 35.5. The average Bonchev–Trinajstić information content (AvgIpc) is 3.09. The molecule has 2 atom stereocenters. The first-order valence-corrected chi connectivity index (χ1v) is 7.44. The molecule has 0 radical (unpaired) electrons. The Morgan fingerprint density at radius 3 is 2.50 bits per heavy atom. The number of halogens is 1. The fourth-order valence-electron chi connectivity index (χ4n) is 3.28. The summed E-state index contributed by atoms with van der Waals surface area (Å²) in [5, 5.41) is 3.54. The van der Waals surface area contributed by atoms with Crippen LogP contribution in [0, 0.1) is 11.8 Å². The van der Waals surface area contributed by atoms with E-state index in [4.69, 9.17) is 4.74 Å². The first-order chi connectivity index (χ1) is 8.42. The van der Waals surface area contributed by atoms with Crippen molar-refractivity contribution >= 4 is 12.4 Å². The zero-order valence-corrected chi connectivity index (χ0v) is 12.1. The lowest BCUT2D eigenvalue weighted by atomic mass is 9.98. The molecule has 3 rings (SSSR count). The Labute approximate surface area is 117 Å². The topological polar surface area (TPSA) is 24.5 Å². The van der Waals surface area contributed by atoms with Crippen LogP contribution in [0.25, 0.3) is 0 Å². The summed E-state index contributed by atoms with van der Waals surface area (Å²) in [6, 6.07) is 0.914. The van der Waals surface area contributed by atoms with Crippen molar-refractivity contribution in [2.75, 3.05) is 39.4 Å². The van der Waals surface area contributed by atoms with E-state index in [0.29, 0.717) is 0 Å². The van der Waals surface area contributed by atoms with Gasteiger partial charge in [0.25, 0.3) is 0 Å². The first-order valence-electron chi connectivity index (χ1n) is 7.44. The van der Waals surface area contributed by atoms with E-state index in [0.717, 1.165) is 31.1 Å².